The third-order valence-electron chi connectivity index (χ3n) is 2.59. The Balaban J connectivity index is 2.27. The molecule has 19 heavy (non-hydrogen) atoms. The Morgan fingerprint density at radius 3 is 2.58 bits per heavy atom. The first kappa shape index (κ1) is 13.8. The van der Waals surface area contributed by atoms with E-state index in [9.17, 15) is 9.00 Å². The first-order valence-corrected chi connectivity index (χ1v) is 7.23. The van der Waals surface area contributed by atoms with Crippen LogP contribution < -0.4 is 0 Å². The van der Waals surface area contributed by atoms with Crippen molar-refractivity contribution in [2.45, 2.75) is 10.6 Å². The van der Waals surface area contributed by atoms with Crippen molar-refractivity contribution in [3.8, 4) is 0 Å². The summed E-state index contributed by atoms with van der Waals surface area (Å²) in [7, 11) is -1.32. The molecule has 0 radical (unpaired) electrons. The molecule has 0 aliphatic carbocycles. The minimum absolute atomic E-state index is 0.156. The molecular weight excluding hydrogens is 284 g/mol. The Morgan fingerprint density at radius 2 is 1.89 bits per heavy atom. The molecule has 0 aliphatic heterocycles. The molecular formula is C14H11ClO3S. The van der Waals surface area contributed by atoms with Gasteiger partial charge >= 0.3 is 5.97 Å². The first-order valence-electron chi connectivity index (χ1n) is 5.53. The fourth-order valence-corrected chi connectivity index (χ4v) is 3.13. The zero-order chi connectivity index (χ0) is 13.8. The van der Waals surface area contributed by atoms with Crippen LogP contribution in [0.1, 0.15) is 15.9 Å². The minimum Gasteiger partial charge on any atom is -0.478 e. The lowest BCUT2D eigenvalue weighted by atomic mass is 10.1. The van der Waals surface area contributed by atoms with Crippen LogP contribution in [0.25, 0.3) is 0 Å². The molecule has 2 aromatic carbocycles. The van der Waals surface area contributed by atoms with E-state index in [1.165, 1.54) is 6.07 Å². The predicted molar refractivity (Wildman–Crippen MR) is 75.0 cm³/mol. The maximum absolute atomic E-state index is 12.2. The molecule has 0 heterocycles. The van der Waals surface area contributed by atoms with Gasteiger partial charge in [0.25, 0.3) is 0 Å². The van der Waals surface area contributed by atoms with Crippen molar-refractivity contribution in [2.24, 2.45) is 0 Å². The summed E-state index contributed by atoms with van der Waals surface area (Å²) in [5.41, 5.74) is 0.728. The number of carboxylic acids is 1. The summed E-state index contributed by atoms with van der Waals surface area (Å²) in [5.74, 6) is -0.860. The molecule has 2 aromatic rings. The fraction of sp³-hybridized carbons (Fsp3) is 0.0714. The number of benzene rings is 2. The van der Waals surface area contributed by atoms with Crippen LogP contribution in [0.2, 0.25) is 5.02 Å². The average Bonchev–Trinajstić information content (AvgIpc) is 2.39. The monoisotopic (exact) mass is 294 g/mol. The number of hydrogen-bond acceptors (Lipinski definition) is 2. The minimum atomic E-state index is -1.32. The van der Waals surface area contributed by atoms with Crippen LogP contribution in [0.3, 0.4) is 0 Å². The highest BCUT2D eigenvalue weighted by Gasteiger charge is 2.12. The number of halogens is 1. The standard InChI is InChI=1S/C14H11ClO3S/c15-11-5-3-6-12(8-11)19(18)9-10-4-1-2-7-13(10)14(16)17/h1-8H,9H2,(H,16,17). The Bertz CT molecular complexity index is 640. The Kier molecular flexibility index (Phi) is 4.35. The van der Waals surface area contributed by atoms with Crippen molar-refractivity contribution in [1.82, 2.24) is 0 Å². The molecule has 1 atom stereocenters. The molecule has 0 spiro atoms. The summed E-state index contributed by atoms with van der Waals surface area (Å²) in [6.07, 6.45) is 0. The second kappa shape index (κ2) is 5.99. The zero-order valence-corrected chi connectivity index (χ0v) is 11.4. The van der Waals surface area contributed by atoms with E-state index in [1.54, 1.807) is 42.5 Å². The molecule has 0 aromatic heterocycles. The second-order valence-electron chi connectivity index (χ2n) is 3.91. The highest BCUT2D eigenvalue weighted by atomic mass is 35.5. The number of carbonyl (C=O) groups is 1. The van der Waals surface area contributed by atoms with Crippen molar-refractivity contribution in [2.75, 3.05) is 0 Å². The van der Waals surface area contributed by atoms with E-state index in [1.807, 2.05) is 0 Å². The number of rotatable bonds is 4. The van der Waals surface area contributed by atoms with Crippen LogP contribution >= 0.6 is 11.6 Å². The van der Waals surface area contributed by atoms with Gasteiger partial charge in [0.1, 0.15) is 0 Å². The molecule has 0 aliphatic rings. The van der Waals surface area contributed by atoms with Gasteiger partial charge < -0.3 is 5.11 Å². The molecule has 2 rings (SSSR count). The Hall–Kier alpha value is -1.65. The molecule has 1 unspecified atom stereocenters. The van der Waals surface area contributed by atoms with Crippen molar-refractivity contribution in [3.05, 3.63) is 64.7 Å². The van der Waals surface area contributed by atoms with Gasteiger partial charge in [-0.25, -0.2) is 4.79 Å². The lowest BCUT2D eigenvalue weighted by Crippen LogP contribution is -2.05. The summed E-state index contributed by atoms with van der Waals surface area (Å²) < 4.78 is 12.2. The topological polar surface area (TPSA) is 54.4 Å². The molecule has 0 saturated heterocycles. The highest BCUT2D eigenvalue weighted by molar-refractivity contribution is 7.84. The maximum atomic E-state index is 12.2. The van der Waals surface area contributed by atoms with E-state index >= 15 is 0 Å². The summed E-state index contributed by atoms with van der Waals surface area (Å²) in [5, 5.41) is 9.58. The van der Waals surface area contributed by atoms with Gasteiger partial charge in [-0.2, -0.15) is 0 Å². The third kappa shape index (κ3) is 3.43. The smallest absolute Gasteiger partial charge is 0.335 e. The van der Waals surface area contributed by atoms with Crippen LogP contribution in [-0.2, 0) is 16.6 Å². The quantitative estimate of drug-likeness (QED) is 0.941. The molecule has 0 fully saturated rings. The number of carboxylic acid groups (broad SMARTS) is 1. The average molecular weight is 295 g/mol. The van der Waals surface area contributed by atoms with Crippen LogP contribution in [0.5, 0.6) is 0 Å². The van der Waals surface area contributed by atoms with E-state index in [0.717, 1.165) is 0 Å². The fourth-order valence-electron chi connectivity index (χ4n) is 1.69. The van der Waals surface area contributed by atoms with Gasteiger partial charge in [0.2, 0.25) is 0 Å². The highest BCUT2D eigenvalue weighted by Crippen LogP contribution is 2.18. The molecule has 5 heteroatoms. The summed E-state index contributed by atoms with van der Waals surface area (Å²) in [6, 6.07) is 13.3. The number of aromatic carboxylic acids is 1. The van der Waals surface area contributed by atoms with Crippen molar-refractivity contribution < 1.29 is 14.1 Å². The molecule has 0 amide bonds. The van der Waals surface area contributed by atoms with E-state index in [2.05, 4.69) is 0 Å². The van der Waals surface area contributed by atoms with Gasteiger partial charge in [-0.15, -0.1) is 0 Å². The van der Waals surface area contributed by atoms with Crippen molar-refractivity contribution in [1.29, 1.82) is 0 Å². The lowest BCUT2D eigenvalue weighted by molar-refractivity contribution is 0.0696. The van der Waals surface area contributed by atoms with E-state index < -0.39 is 16.8 Å². The summed E-state index contributed by atoms with van der Waals surface area (Å²) >= 11 is 5.85. The molecule has 0 saturated carbocycles. The number of hydrogen-bond donors (Lipinski definition) is 1. The summed E-state index contributed by atoms with van der Waals surface area (Å²) in [6.45, 7) is 0. The molecule has 0 bridgehead atoms. The van der Waals surface area contributed by atoms with E-state index in [-0.39, 0.29) is 11.3 Å². The molecule has 98 valence electrons. The zero-order valence-electron chi connectivity index (χ0n) is 9.88. The second-order valence-corrected chi connectivity index (χ2v) is 5.80. The SMILES string of the molecule is O=C(O)c1ccccc1CS(=O)c1cccc(Cl)c1. The van der Waals surface area contributed by atoms with Gasteiger partial charge in [-0.1, -0.05) is 35.9 Å². The molecule has 3 nitrogen and oxygen atoms in total. The normalized spacial score (nSPS) is 12.1. The largest absolute Gasteiger partial charge is 0.478 e. The van der Waals surface area contributed by atoms with Crippen LogP contribution in [-0.4, -0.2) is 15.3 Å². The Morgan fingerprint density at radius 1 is 1.16 bits per heavy atom. The van der Waals surface area contributed by atoms with Crippen molar-refractivity contribution in [3.63, 3.8) is 0 Å². The Labute approximate surface area is 118 Å². The van der Waals surface area contributed by atoms with Crippen LogP contribution in [0, 0.1) is 0 Å². The van der Waals surface area contributed by atoms with Gasteiger partial charge in [0.15, 0.2) is 0 Å². The molecule has 1 N–H and O–H groups in total. The predicted octanol–water partition coefficient (Wildman–Crippen LogP) is 3.35. The van der Waals surface area contributed by atoms with Gasteiger partial charge in [-0.3, -0.25) is 4.21 Å². The maximum Gasteiger partial charge on any atom is 0.335 e. The lowest BCUT2D eigenvalue weighted by Gasteiger charge is -2.06. The van der Waals surface area contributed by atoms with Crippen LogP contribution in [0.15, 0.2) is 53.4 Å². The third-order valence-corrected chi connectivity index (χ3v) is 4.18. The van der Waals surface area contributed by atoms with Gasteiger partial charge in [0.05, 0.1) is 22.1 Å². The van der Waals surface area contributed by atoms with Gasteiger partial charge in [0, 0.05) is 9.92 Å². The first-order chi connectivity index (χ1) is 9.08. The van der Waals surface area contributed by atoms with E-state index in [0.29, 0.717) is 15.5 Å². The van der Waals surface area contributed by atoms with Crippen molar-refractivity contribution >= 4 is 28.4 Å². The van der Waals surface area contributed by atoms with E-state index in [4.69, 9.17) is 16.7 Å². The van der Waals surface area contributed by atoms with Gasteiger partial charge in [-0.05, 0) is 29.8 Å². The van der Waals surface area contributed by atoms with Crippen LogP contribution in [0.4, 0.5) is 0 Å². The summed E-state index contributed by atoms with van der Waals surface area (Å²) in [4.78, 5) is 11.7.